The normalized spacial score (nSPS) is 10.4. The summed E-state index contributed by atoms with van der Waals surface area (Å²) in [6, 6.07) is 19.6. The van der Waals surface area contributed by atoms with Gasteiger partial charge in [-0.25, -0.2) is 0 Å². The van der Waals surface area contributed by atoms with Gasteiger partial charge in [0, 0.05) is 14.9 Å². The molecule has 0 spiro atoms. The Bertz CT molecular complexity index is 1100. The van der Waals surface area contributed by atoms with Crippen molar-refractivity contribution in [3.63, 3.8) is 0 Å². The molecule has 0 unspecified atom stereocenters. The lowest BCUT2D eigenvalue weighted by Crippen LogP contribution is -1.90. The van der Waals surface area contributed by atoms with Crippen molar-refractivity contribution in [2.45, 2.75) is 19.4 Å². The number of hydrogen-bond acceptors (Lipinski definition) is 4. The Morgan fingerprint density at radius 3 is 1.93 bits per heavy atom. The van der Waals surface area contributed by atoms with E-state index in [1.165, 1.54) is 22.5 Å². The first kappa shape index (κ1) is 22.7. The molecule has 0 fully saturated rings. The highest BCUT2D eigenvalue weighted by molar-refractivity contribution is 7.11. The topological polar surface area (TPSA) is 37.3 Å². The molecule has 4 rings (SSSR count). The Morgan fingerprint density at radius 2 is 1.37 bits per heavy atom. The first-order valence-electron chi connectivity index (χ1n) is 9.25. The van der Waals surface area contributed by atoms with Crippen LogP contribution in [-0.2, 0) is 19.4 Å². The van der Waals surface area contributed by atoms with Gasteiger partial charge in [0.05, 0.1) is 11.5 Å². The summed E-state index contributed by atoms with van der Waals surface area (Å²) in [7, 11) is 0. The van der Waals surface area contributed by atoms with Crippen LogP contribution in [0.5, 0.6) is 0 Å². The van der Waals surface area contributed by atoms with E-state index < -0.39 is 0 Å². The minimum atomic E-state index is 0.119. The maximum atomic E-state index is 10.7. The van der Waals surface area contributed by atoms with Gasteiger partial charge in [-0.3, -0.25) is 4.79 Å². The third kappa shape index (κ3) is 6.53. The largest absolute Gasteiger partial charge is 0.391 e. The summed E-state index contributed by atoms with van der Waals surface area (Å²) in [5, 5.41) is 14.6. The predicted molar refractivity (Wildman–Crippen MR) is 128 cm³/mol. The Hall–Kier alpha value is -1.95. The Labute approximate surface area is 194 Å². The molecule has 6 heteroatoms. The van der Waals surface area contributed by atoms with E-state index in [-0.39, 0.29) is 6.61 Å². The standard InChI is InChI=1S/C12H11ClOS.C12H9ClOS/c2*13-11-3-1-2-9(7-11)6-10-4-5-15-12(10)8-14/h1-5,7,14H,6,8H2;1-5,7-8H,6H2. The zero-order valence-electron chi connectivity index (χ0n) is 16.1. The van der Waals surface area contributed by atoms with Gasteiger partial charge in [0.25, 0.3) is 0 Å². The van der Waals surface area contributed by atoms with E-state index in [9.17, 15) is 4.79 Å². The lowest BCUT2D eigenvalue weighted by Gasteiger charge is -2.02. The first-order valence-corrected chi connectivity index (χ1v) is 11.8. The Kier molecular flexibility index (Phi) is 8.67. The number of aliphatic hydroxyl groups excluding tert-OH is 1. The van der Waals surface area contributed by atoms with Gasteiger partial charge in [-0.05, 0) is 82.3 Å². The summed E-state index contributed by atoms with van der Waals surface area (Å²) < 4.78 is 0. The van der Waals surface area contributed by atoms with Gasteiger partial charge in [-0.15, -0.1) is 22.7 Å². The maximum Gasteiger partial charge on any atom is 0.160 e. The van der Waals surface area contributed by atoms with Crippen molar-refractivity contribution in [1.82, 2.24) is 0 Å². The lowest BCUT2D eigenvalue weighted by molar-refractivity contribution is 0.112. The van der Waals surface area contributed by atoms with Gasteiger partial charge in [0.15, 0.2) is 6.29 Å². The van der Waals surface area contributed by atoms with E-state index in [0.717, 1.165) is 50.1 Å². The highest BCUT2D eigenvalue weighted by atomic mass is 35.5. The number of carbonyl (C=O) groups excluding carboxylic acids is 1. The summed E-state index contributed by atoms with van der Waals surface area (Å²) in [4.78, 5) is 12.6. The molecule has 154 valence electrons. The summed E-state index contributed by atoms with van der Waals surface area (Å²) in [6.45, 7) is 0.119. The molecule has 0 bridgehead atoms. The molecule has 0 saturated carbocycles. The van der Waals surface area contributed by atoms with Crippen molar-refractivity contribution < 1.29 is 9.90 Å². The minimum absolute atomic E-state index is 0.119. The van der Waals surface area contributed by atoms with Gasteiger partial charge in [0.1, 0.15) is 0 Å². The second kappa shape index (κ2) is 11.4. The quantitative estimate of drug-likeness (QED) is 0.297. The number of aldehydes is 1. The van der Waals surface area contributed by atoms with Crippen molar-refractivity contribution in [3.8, 4) is 0 Å². The number of carbonyl (C=O) groups is 1. The third-order valence-corrected chi connectivity index (χ3v) is 6.74. The molecule has 4 aromatic rings. The number of rotatable bonds is 6. The zero-order valence-corrected chi connectivity index (χ0v) is 19.2. The van der Waals surface area contributed by atoms with Crippen LogP contribution >= 0.6 is 45.9 Å². The number of hydrogen-bond donors (Lipinski definition) is 1. The number of thiophene rings is 2. The predicted octanol–water partition coefficient (Wildman–Crippen LogP) is 7.29. The third-order valence-electron chi connectivity index (χ3n) is 4.44. The molecule has 2 aromatic heterocycles. The highest BCUT2D eigenvalue weighted by Gasteiger charge is 2.05. The molecule has 0 radical (unpaired) electrons. The molecule has 2 heterocycles. The lowest BCUT2D eigenvalue weighted by atomic mass is 10.1. The van der Waals surface area contributed by atoms with Gasteiger partial charge < -0.3 is 5.11 Å². The fourth-order valence-electron chi connectivity index (χ4n) is 2.99. The van der Waals surface area contributed by atoms with E-state index in [0.29, 0.717) is 0 Å². The van der Waals surface area contributed by atoms with Gasteiger partial charge >= 0.3 is 0 Å². The monoisotopic (exact) mass is 474 g/mol. The molecule has 0 aliphatic heterocycles. The Morgan fingerprint density at radius 1 is 0.800 bits per heavy atom. The average molecular weight is 475 g/mol. The van der Waals surface area contributed by atoms with Crippen LogP contribution in [0.4, 0.5) is 0 Å². The molecule has 0 atom stereocenters. The Balaban J connectivity index is 0.000000171. The summed E-state index contributed by atoms with van der Waals surface area (Å²) in [5.41, 5.74) is 4.56. The molecule has 1 N–H and O–H groups in total. The number of halogens is 2. The number of benzene rings is 2. The van der Waals surface area contributed by atoms with Crippen LogP contribution in [0, 0.1) is 0 Å². The molecule has 0 saturated heterocycles. The molecule has 2 aromatic carbocycles. The van der Waals surface area contributed by atoms with Crippen molar-refractivity contribution in [2.75, 3.05) is 0 Å². The average Bonchev–Trinajstić information content (AvgIpc) is 3.37. The molecule has 30 heavy (non-hydrogen) atoms. The fourth-order valence-corrected chi connectivity index (χ4v) is 4.91. The van der Waals surface area contributed by atoms with E-state index in [4.69, 9.17) is 28.3 Å². The zero-order chi connectivity index (χ0) is 21.3. The molecular formula is C24H20Cl2O2S2. The van der Waals surface area contributed by atoms with Gasteiger partial charge in [-0.1, -0.05) is 47.5 Å². The van der Waals surface area contributed by atoms with Crippen LogP contribution in [-0.4, -0.2) is 11.4 Å². The second-order valence-corrected chi connectivity index (χ2v) is 9.39. The SMILES string of the molecule is O=Cc1sccc1Cc1cccc(Cl)c1.OCc1sccc1Cc1cccc(Cl)c1. The fraction of sp³-hybridized carbons (Fsp3) is 0.125. The second-order valence-electron chi connectivity index (χ2n) is 6.57. The van der Waals surface area contributed by atoms with Crippen molar-refractivity contribution in [3.05, 3.63) is 113 Å². The molecule has 2 nitrogen and oxygen atoms in total. The minimum Gasteiger partial charge on any atom is -0.391 e. The van der Waals surface area contributed by atoms with Crippen LogP contribution in [0.1, 0.15) is 36.8 Å². The van der Waals surface area contributed by atoms with Gasteiger partial charge in [-0.2, -0.15) is 0 Å². The first-order chi connectivity index (χ1) is 14.6. The summed E-state index contributed by atoms with van der Waals surface area (Å²) in [6.07, 6.45) is 2.50. The van der Waals surface area contributed by atoms with Crippen molar-refractivity contribution in [1.29, 1.82) is 0 Å². The van der Waals surface area contributed by atoms with Crippen LogP contribution in [0.2, 0.25) is 10.0 Å². The van der Waals surface area contributed by atoms with Crippen LogP contribution in [0.25, 0.3) is 0 Å². The van der Waals surface area contributed by atoms with Crippen molar-refractivity contribution >= 4 is 52.2 Å². The molecule has 0 amide bonds. The van der Waals surface area contributed by atoms with E-state index >= 15 is 0 Å². The van der Waals surface area contributed by atoms with Crippen LogP contribution < -0.4 is 0 Å². The van der Waals surface area contributed by atoms with E-state index in [1.807, 2.05) is 65.4 Å². The van der Waals surface area contributed by atoms with Gasteiger partial charge in [0.2, 0.25) is 0 Å². The van der Waals surface area contributed by atoms with Crippen molar-refractivity contribution in [2.24, 2.45) is 0 Å². The van der Waals surface area contributed by atoms with E-state index in [2.05, 4.69) is 6.07 Å². The molecule has 0 aliphatic carbocycles. The smallest absolute Gasteiger partial charge is 0.160 e. The van der Waals surface area contributed by atoms with Crippen LogP contribution in [0.3, 0.4) is 0 Å². The molecule has 0 aliphatic rings. The number of aliphatic hydroxyl groups is 1. The van der Waals surface area contributed by atoms with E-state index in [1.54, 1.807) is 11.3 Å². The summed E-state index contributed by atoms with van der Waals surface area (Å²) in [5.74, 6) is 0. The van der Waals surface area contributed by atoms with Crippen LogP contribution in [0.15, 0.2) is 71.4 Å². The maximum absolute atomic E-state index is 10.7. The molecular weight excluding hydrogens is 455 g/mol. The summed E-state index contributed by atoms with van der Waals surface area (Å²) >= 11 is 14.9. The highest BCUT2D eigenvalue weighted by Crippen LogP contribution is 2.22.